The van der Waals surface area contributed by atoms with Gasteiger partial charge in [-0.1, -0.05) is 44.4 Å². The first-order valence-electron chi connectivity index (χ1n) is 7.47. The zero-order chi connectivity index (χ0) is 13.9. The summed E-state index contributed by atoms with van der Waals surface area (Å²) in [6, 6.07) is 15.6. The molecule has 0 amide bonds. The Morgan fingerprint density at radius 2 is 1.70 bits per heavy atom. The predicted octanol–water partition coefficient (Wildman–Crippen LogP) is 5.98. The maximum absolute atomic E-state index is 2.50. The van der Waals surface area contributed by atoms with E-state index in [4.69, 9.17) is 0 Å². The highest BCUT2D eigenvalue weighted by molar-refractivity contribution is 14.1. The Morgan fingerprint density at radius 3 is 2.55 bits per heavy atom. The molecule has 0 atom stereocenters. The third kappa shape index (κ3) is 2.58. The zero-order valence-corrected chi connectivity index (χ0v) is 14.1. The Kier molecular flexibility index (Phi) is 4.29. The first-order chi connectivity index (χ1) is 9.81. The second-order valence-electron chi connectivity index (χ2n) is 5.39. The van der Waals surface area contributed by atoms with Gasteiger partial charge in [0.05, 0.1) is 0 Å². The van der Waals surface area contributed by atoms with Crippen molar-refractivity contribution in [3.8, 4) is 0 Å². The molecule has 104 valence electrons. The normalized spacial score (nSPS) is 11.5. The molecule has 0 bridgehead atoms. The van der Waals surface area contributed by atoms with E-state index in [0.29, 0.717) is 0 Å². The molecule has 0 aliphatic rings. The van der Waals surface area contributed by atoms with Crippen molar-refractivity contribution in [3.63, 3.8) is 0 Å². The molecule has 0 unspecified atom stereocenters. The van der Waals surface area contributed by atoms with Gasteiger partial charge in [0.25, 0.3) is 0 Å². The van der Waals surface area contributed by atoms with Crippen molar-refractivity contribution in [1.82, 2.24) is 4.57 Å². The van der Waals surface area contributed by atoms with E-state index in [1.807, 2.05) is 0 Å². The molecule has 20 heavy (non-hydrogen) atoms. The molecule has 3 aromatic rings. The molecule has 2 aromatic carbocycles. The van der Waals surface area contributed by atoms with E-state index in [1.54, 1.807) is 0 Å². The van der Waals surface area contributed by atoms with E-state index < -0.39 is 0 Å². The second kappa shape index (κ2) is 6.17. The second-order valence-corrected chi connectivity index (χ2v) is 6.64. The van der Waals surface area contributed by atoms with Crippen LogP contribution in [0.3, 0.4) is 0 Å². The van der Waals surface area contributed by atoms with Gasteiger partial charge in [0.2, 0.25) is 0 Å². The summed E-state index contributed by atoms with van der Waals surface area (Å²) >= 11 is 2.40. The summed E-state index contributed by atoms with van der Waals surface area (Å²) in [5.74, 6) is 0. The smallest absolute Gasteiger partial charge is 0.0492 e. The molecule has 3 rings (SSSR count). The third-order valence-electron chi connectivity index (χ3n) is 3.97. The summed E-state index contributed by atoms with van der Waals surface area (Å²) in [5.41, 5.74) is 2.75. The van der Waals surface area contributed by atoms with Gasteiger partial charge in [0, 0.05) is 31.9 Å². The number of aryl methyl sites for hydroxylation is 1. The number of unbranched alkanes of at least 4 members (excludes halogenated alkanes) is 3. The van der Waals surface area contributed by atoms with Crippen LogP contribution in [0.4, 0.5) is 0 Å². The highest BCUT2D eigenvalue weighted by atomic mass is 127. The molecule has 0 radical (unpaired) electrons. The molecule has 0 aliphatic carbocycles. The minimum atomic E-state index is 1.13. The van der Waals surface area contributed by atoms with Crippen molar-refractivity contribution < 1.29 is 0 Å². The van der Waals surface area contributed by atoms with Crippen LogP contribution in [0, 0.1) is 3.57 Å². The lowest BCUT2D eigenvalue weighted by molar-refractivity contribution is 0.602. The van der Waals surface area contributed by atoms with Crippen LogP contribution >= 0.6 is 22.6 Å². The maximum Gasteiger partial charge on any atom is 0.0492 e. The minimum absolute atomic E-state index is 1.13. The van der Waals surface area contributed by atoms with Crippen molar-refractivity contribution in [2.24, 2.45) is 0 Å². The van der Waals surface area contributed by atoms with Crippen LogP contribution in [0.5, 0.6) is 0 Å². The Balaban J connectivity index is 2.07. The fraction of sp³-hybridized carbons (Fsp3) is 0.333. The monoisotopic (exact) mass is 377 g/mol. The van der Waals surface area contributed by atoms with E-state index in [-0.39, 0.29) is 0 Å². The lowest BCUT2D eigenvalue weighted by Gasteiger charge is -2.07. The van der Waals surface area contributed by atoms with Crippen molar-refractivity contribution >= 4 is 44.4 Å². The molecule has 1 aromatic heterocycles. The standard InChI is InChI=1S/C18H20IN/c1-2-3-4-7-12-20-17-9-6-5-8-15(17)16-13-14(19)10-11-18(16)20/h5-6,8-11,13H,2-4,7,12H2,1H3. The number of benzene rings is 2. The van der Waals surface area contributed by atoms with E-state index in [1.165, 1.54) is 51.1 Å². The van der Waals surface area contributed by atoms with Gasteiger partial charge in [0.1, 0.15) is 0 Å². The third-order valence-corrected chi connectivity index (χ3v) is 4.64. The van der Waals surface area contributed by atoms with E-state index in [9.17, 15) is 0 Å². The number of aromatic nitrogens is 1. The Hall–Kier alpha value is -1.03. The first kappa shape index (κ1) is 13.9. The fourth-order valence-electron chi connectivity index (χ4n) is 2.96. The molecule has 1 nitrogen and oxygen atoms in total. The van der Waals surface area contributed by atoms with Crippen LogP contribution < -0.4 is 0 Å². The molecular weight excluding hydrogens is 357 g/mol. The molecule has 0 saturated carbocycles. The SMILES string of the molecule is CCCCCCn1c2ccccc2c2cc(I)ccc21. The highest BCUT2D eigenvalue weighted by Gasteiger charge is 2.09. The summed E-state index contributed by atoms with van der Waals surface area (Å²) in [4.78, 5) is 0. The van der Waals surface area contributed by atoms with Crippen molar-refractivity contribution in [3.05, 3.63) is 46.0 Å². The summed E-state index contributed by atoms with van der Waals surface area (Å²) in [7, 11) is 0. The van der Waals surface area contributed by atoms with E-state index >= 15 is 0 Å². The van der Waals surface area contributed by atoms with Crippen LogP contribution in [-0.4, -0.2) is 4.57 Å². The van der Waals surface area contributed by atoms with Gasteiger partial charge >= 0.3 is 0 Å². The number of hydrogen-bond donors (Lipinski definition) is 0. The van der Waals surface area contributed by atoms with Crippen molar-refractivity contribution in [2.45, 2.75) is 39.2 Å². The van der Waals surface area contributed by atoms with Gasteiger partial charge in [-0.05, 0) is 53.3 Å². The fourth-order valence-corrected chi connectivity index (χ4v) is 3.45. The lowest BCUT2D eigenvalue weighted by atomic mass is 10.2. The first-order valence-corrected chi connectivity index (χ1v) is 8.55. The van der Waals surface area contributed by atoms with Crippen molar-refractivity contribution in [2.75, 3.05) is 0 Å². The molecule has 0 N–H and O–H groups in total. The maximum atomic E-state index is 2.50. The Bertz CT molecular complexity index is 727. The summed E-state index contributed by atoms with van der Waals surface area (Å²) < 4.78 is 3.81. The molecule has 0 saturated heterocycles. The summed E-state index contributed by atoms with van der Waals surface area (Å²) in [6.07, 6.45) is 5.24. The van der Waals surface area contributed by atoms with Gasteiger partial charge in [-0.2, -0.15) is 0 Å². The van der Waals surface area contributed by atoms with E-state index in [2.05, 4.69) is 76.5 Å². The van der Waals surface area contributed by atoms with Crippen LogP contribution in [0.2, 0.25) is 0 Å². The minimum Gasteiger partial charge on any atom is -0.340 e. The zero-order valence-electron chi connectivity index (χ0n) is 11.9. The Morgan fingerprint density at radius 1 is 0.900 bits per heavy atom. The number of fused-ring (bicyclic) bond motifs is 3. The lowest BCUT2D eigenvalue weighted by Crippen LogP contribution is -1.97. The van der Waals surface area contributed by atoms with Crippen LogP contribution in [0.1, 0.15) is 32.6 Å². The number of para-hydroxylation sites is 1. The summed E-state index contributed by atoms with van der Waals surface area (Å²) in [6.45, 7) is 3.40. The van der Waals surface area contributed by atoms with Crippen LogP contribution in [-0.2, 0) is 6.54 Å². The average molecular weight is 377 g/mol. The summed E-state index contributed by atoms with van der Waals surface area (Å²) in [5, 5.41) is 2.78. The molecule has 0 aliphatic heterocycles. The van der Waals surface area contributed by atoms with Crippen molar-refractivity contribution in [1.29, 1.82) is 0 Å². The van der Waals surface area contributed by atoms with Crippen LogP contribution in [0.15, 0.2) is 42.5 Å². The number of halogens is 1. The Labute approximate surface area is 134 Å². The van der Waals surface area contributed by atoms with Gasteiger partial charge in [0.15, 0.2) is 0 Å². The molecule has 0 fully saturated rings. The topological polar surface area (TPSA) is 4.93 Å². The predicted molar refractivity (Wildman–Crippen MR) is 96.3 cm³/mol. The van der Waals surface area contributed by atoms with Gasteiger partial charge < -0.3 is 4.57 Å². The molecule has 1 heterocycles. The number of hydrogen-bond acceptors (Lipinski definition) is 0. The van der Waals surface area contributed by atoms with Gasteiger partial charge in [-0.3, -0.25) is 0 Å². The highest BCUT2D eigenvalue weighted by Crippen LogP contribution is 2.30. The van der Waals surface area contributed by atoms with Gasteiger partial charge in [-0.15, -0.1) is 0 Å². The molecule has 0 spiro atoms. The number of nitrogens with zero attached hydrogens (tertiary/aromatic N) is 1. The largest absolute Gasteiger partial charge is 0.340 e. The molecular formula is C18H20IN. The average Bonchev–Trinajstić information content (AvgIpc) is 2.78. The van der Waals surface area contributed by atoms with E-state index in [0.717, 1.165) is 6.54 Å². The number of rotatable bonds is 5. The van der Waals surface area contributed by atoms with Crippen LogP contribution in [0.25, 0.3) is 21.8 Å². The quantitative estimate of drug-likeness (QED) is 0.381. The van der Waals surface area contributed by atoms with Gasteiger partial charge in [-0.25, -0.2) is 0 Å². The molecule has 2 heteroatoms.